The van der Waals surface area contributed by atoms with E-state index in [1.165, 1.54) is 44.2 Å². The van der Waals surface area contributed by atoms with E-state index >= 15 is 0 Å². The van der Waals surface area contributed by atoms with E-state index in [-0.39, 0.29) is 5.41 Å². The summed E-state index contributed by atoms with van der Waals surface area (Å²) >= 11 is 0. The van der Waals surface area contributed by atoms with Crippen molar-refractivity contribution in [2.45, 2.75) is 40.0 Å². The van der Waals surface area contributed by atoms with Crippen LogP contribution in [0.25, 0.3) is 83.7 Å². The molecule has 2 aromatic heterocycles. The van der Waals surface area contributed by atoms with E-state index < -0.39 is 0 Å². The van der Waals surface area contributed by atoms with Gasteiger partial charge in [0.25, 0.3) is 0 Å². The minimum atomic E-state index is -0.144. The number of benzene rings is 6. The van der Waals surface area contributed by atoms with Gasteiger partial charge in [-0.1, -0.05) is 142 Å². The SMILES string of the molecule is C=CC=C(C)c1cc(-c2cccc(-c3cc(-c4ccccc4)nc(-n4c5ccccc5c5cc6c(cc54)C(C)(C)c4ccccc4-6)n3)c2)cc(C(=C)C=CC)c1C. The molecule has 8 aromatic rings. The molecule has 1 aliphatic rings. The van der Waals surface area contributed by atoms with Crippen molar-refractivity contribution in [2.75, 3.05) is 0 Å². The summed E-state index contributed by atoms with van der Waals surface area (Å²) in [4.78, 5) is 10.8. The van der Waals surface area contributed by atoms with E-state index in [0.717, 1.165) is 61.4 Å². The van der Waals surface area contributed by atoms with Crippen LogP contribution in [-0.4, -0.2) is 14.5 Å². The molecule has 0 saturated heterocycles. The Morgan fingerprint density at radius 3 is 2.11 bits per heavy atom. The van der Waals surface area contributed by atoms with Gasteiger partial charge in [-0.2, -0.15) is 0 Å². The van der Waals surface area contributed by atoms with Crippen LogP contribution in [0.5, 0.6) is 0 Å². The summed E-state index contributed by atoms with van der Waals surface area (Å²) in [5.41, 5.74) is 19.0. The standard InChI is InChI=1S/C54H45N3/c1-8-18-34(3)43-29-40(30-44(36(43)5)35(4)19-9-2)38-22-17-23-39(28-38)50-33-49(37-20-11-10-12-21-37)55-53(56-50)57-51-27-16-14-25-42(51)46-31-45-41-24-13-15-26-47(41)54(6,7)48(45)32-52(46)57/h8-33H,1,4H2,2-3,5-7H3. The van der Waals surface area contributed by atoms with Crippen LogP contribution in [0, 0.1) is 6.92 Å². The minimum Gasteiger partial charge on any atom is -0.278 e. The Bertz CT molecular complexity index is 2990. The highest BCUT2D eigenvalue weighted by molar-refractivity contribution is 6.11. The number of allylic oxidation sites excluding steroid dienone is 6. The summed E-state index contributed by atoms with van der Waals surface area (Å²) in [5, 5.41) is 2.38. The van der Waals surface area contributed by atoms with Gasteiger partial charge in [0, 0.05) is 27.3 Å². The van der Waals surface area contributed by atoms with Crippen molar-refractivity contribution in [1.82, 2.24) is 14.5 Å². The predicted octanol–water partition coefficient (Wildman–Crippen LogP) is 14.4. The number of hydrogen-bond donors (Lipinski definition) is 0. The van der Waals surface area contributed by atoms with E-state index in [0.29, 0.717) is 5.95 Å². The number of para-hydroxylation sites is 1. The lowest BCUT2D eigenvalue weighted by atomic mass is 9.82. The van der Waals surface area contributed by atoms with Crippen molar-refractivity contribution in [1.29, 1.82) is 0 Å². The molecule has 3 heteroatoms. The normalized spacial score (nSPS) is 13.3. The maximum Gasteiger partial charge on any atom is 0.235 e. The van der Waals surface area contributed by atoms with Gasteiger partial charge in [0.15, 0.2) is 0 Å². The number of hydrogen-bond acceptors (Lipinski definition) is 2. The highest BCUT2D eigenvalue weighted by atomic mass is 15.2. The summed E-state index contributed by atoms with van der Waals surface area (Å²) in [5.74, 6) is 0.643. The Balaban J connectivity index is 1.27. The van der Waals surface area contributed by atoms with Crippen molar-refractivity contribution in [3.05, 3.63) is 199 Å². The predicted molar refractivity (Wildman–Crippen MR) is 243 cm³/mol. The number of nitrogens with zero attached hydrogens (tertiary/aromatic N) is 3. The quantitative estimate of drug-likeness (QED) is 0.146. The Labute approximate surface area is 335 Å². The van der Waals surface area contributed by atoms with Crippen LogP contribution in [0.1, 0.15) is 55.5 Å². The van der Waals surface area contributed by atoms with E-state index in [1.807, 2.05) is 25.1 Å². The molecule has 0 amide bonds. The van der Waals surface area contributed by atoms with Gasteiger partial charge < -0.3 is 0 Å². The lowest BCUT2D eigenvalue weighted by Crippen LogP contribution is -2.15. The zero-order valence-electron chi connectivity index (χ0n) is 33.3. The molecule has 2 heterocycles. The van der Waals surface area contributed by atoms with Gasteiger partial charge >= 0.3 is 0 Å². The highest BCUT2D eigenvalue weighted by Gasteiger charge is 2.36. The van der Waals surface area contributed by atoms with Gasteiger partial charge in [0.2, 0.25) is 5.95 Å². The summed E-state index contributed by atoms with van der Waals surface area (Å²) < 4.78 is 2.27. The summed E-state index contributed by atoms with van der Waals surface area (Å²) in [7, 11) is 0. The molecular formula is C54H45N3. The van der Waals surface area contributed by atoms with Crippen LogP contribution in [-0.2, 0) is 5.41 Å². The Morgan fingerprint density at radius 1 is 0.632 bits per heavy atom. The van der Waals surface area contributed by atoms with E-state index in [1.54, 1.807) is 0 Å². The Kier molecular flexibility index (Phi) is 8.82. The van der Waals surface area contributed by atoms with Crippen LogP contribution < -0.4 is 0 Å². The average molecular weight is 736 g/mol. The lowest BCUT2D eigenvalue weighted by molar-refractivity contribution is 0.661. The first kappa shape index (κ1) is 35.8. The van der Waals surface area contributed by atoms with Gasteiger partial charge in [0.05, 0.1) is 22.4 Å². The fourth-order valence-electron chi connectivity index (χ4n) is 8.86. The third-order valence-corrected chi connectivity index (χ3v) is 11.8. The third-order valence-electron chi connectivity index (χ3n) is 11.8. The molecule has 0 fully saturated rings. The third kappa shape index (κ3) is 5.98. The van der Waals surface area contributed by atoms with Crippen LogP contribution in [0.2, 0.25) is 0 Å². The minimum absolute atomic E-state index is 0.144. The second-order valence-corrected chi connectivity index (χ2v) is 15.6. The molecule has 0 atom stereocenters. The molecule has 0 spiro atoms. The Morgan fingerprint density at radius 2 is 1.32 bits per heavy atom. The average Bonchev–Trinajstić information content (AvgIpc) is 3.68. The van der Waals surface area contributed by atoms with Crippen LogP contribution in [0.4, 0.5) is 0 Å². The maximum atomic E-state index is 5.44. The van der Waals surface area contributed by atoms with Crippen molar-refractivity contribution < 1.29 is 0 Å². The molecule has 276 valence electrons. The zero-order chi connectivity index (χ0) is 39.4. The highest BCUT2D eigenvalue weighted by Crippen LogP contribution is 2.51. The van der Waals surface area contributed by atoms with Crippen molar-refractivity contribution in [3.63, 3.8) is 0 Å². The second kappa shape index (κ2) is 14.0. The second-order valence-electron chi connectivity index (χ2n) is 15.6. The molecule has 0 N–H and O–H groups in total. The molecule has 6 aromatic carbocycles. The number of fused-ring (bicyclic) bond motifs is 6. The molecule has 0 radical (unpaired) electrons. The molecular weight excluding hydrogens is 691 g/mol. The van der Waals surface area contributed by atoms with Crippen LogP contribution >= 0.6 is 0 Å². The van der Waals surface area contributed by atoms with E-state index in [4.69, 9.17) is 9.97 Å². The summed E-state index contributed by atoms with van der Waals surface area (Å²) in [6, 6.07) is 48.1. The van der Waals surface area contributed by atoms with Crippen LogP contribution in [0.3, 0.4) is 0 Å². The molecule has 0 saturated carbocycles. The lowest BCUT2D eigenvalue weighted by Gasteiger charge is -2.21. The number of rotatable bonds is 8. The van der Waals surface area contributed by atoms with Gasteiger partial charge in [-0.05, 0) is 124 Å². The monoisotopic (exact) mass is 735 g/mol. The van der Waals surface area contributed by atoms with Crippen molar-refractivity contribution >= 4 is 33.0 Å². The van der Waals surface area contributed by atoms with E-state index in [2.05, 4.69) is 185 Å². The smallest absolute Gasteiger partial charge is 0.235 e. The fourth-order valence-corrected chi connectivity index (χ4v) is 8.86. The largest absolute Gasteiger partial charge is 0.278 e. The molecule has 9 rings (SSSR count). The zero-order valence-corrected chi connectivity index (χ0v) is 33.3. The molecule has 0 bridgehead atoms. The Hall–Kier alpha value is -6.84. The number of aromatic nitrogens is 3. The molecule has 3 nitrogen and oxygen atoms in total. The van der Waals surface area contributed by atoms with Crippen LogP contribution in [0.15, 0.2) is 171 Å². The first-order valence-electron chi connectivity index (χ1n) is 19.7. The van der Waals surface area contributed by atoms with Gasteiger partial charge in [-0.15, -0.1) is 0 Å². The molecule has 0 unspecified atom stereocenters. The summed E-state index contributed by atoms with van der Waals surface area (Å²) in [6.07, 6.45) is 8.04. The van der Waals surface area contributed by atoms with Crippen molar-refractivity contribution in [2.24, 2.45) is 0 Å². The fraction of sp³-hybridized carbons (Fsp3) is 0.111. The van der Waals surface area contributed by atoms with E-state index in [9.17, 15) is 0 Å². The topological polar surface area (TPSA) is 30.7 Å². The van der Waals surface area contributed by atoms with Gasteiger partial charge in [0.1, 0.15) is 0 Å². The van der Waals surface area contributed by atoms with Gasteiger partial charge in [-0.3, -0.25) is 4.57 Å². The molecule has 57 heavy (non-hydrogen) atoms. The molecule has 1 aliphatic carbocycles. The summed E-state index contributed by atoms with van der Waals surface area (Å²) in [6.45, 7) is 19.4. The van der Waals surface area contributed by atoms with Crippen molar-refractivity contribution in [3.8, 4) is 50.7 Å². The maximum absolute atomic E-state index is 5.44. The first-order chi connectivity index (χ1) is 27.7. The first-order valence-corrected chi connectivity index (χ1v) is 19.7. The molecule has 0 aliphatic heterocycles. The van der Waals surface area contributed by atoms with Gasteiger partial charge in [-0.25, -0.2) is 9.97 Å².